The maximum Gasteiger partial charge on any atom is 0.313 e. The number of esters is 1. The minimum absolute atomic E-state index is 0.175. The molecule has 1 aromatic rings. The molecule has 0 spiro atoms. The molecule has 1 aromatic heterocycles. The molecule has 1 rings (SSSR count). The van der Waals surface area contributed by atoms with Crippen LogP contribution in [0.3, 0.4) is 0 Å². The average molecular weight is 268 g/mol. The first-order chi connectivity index (χ1) is 8.77. The first-order valence-corrected chi connectivity index (χ1v) is 6.05. The number of carbonyl (C=O) groups is 2. The van der Waals surface area contributed by atoms with Gasteiger partial charge in [-0.2, -0.15) is 0 Å². The van der Waals surface area contributed by atoms with E-state index in [0.29, 0.717) is 11.5 Å². The van der Waals surface area contributed by atoms with E-state index in [2.05, 4.69) is 15.2 Å². The third kappa shape index (κ3) is 3.81. The van der Waals surface area contributed by atoms with Crippen molar-refractivity contribution in [2.24, 2.45) is 5.41 Å². The Labute approximate surface area is 112 Å². The van der Waals surface area contributed by atoms with Crippen LogP contribution < -0.4 is 5.32 Å². The van der Waals surface area contributed by atoms with Crippen molar-refractivity contribution in [3.8, 4) is 0 Å². The fourth-order valence-electron chi connectivity index (χ4n) is 1.65. The summed E-state index contributed by atoms with van der Waals surface area (Å²) in [5.41, 5.74) is 0.747. The van der Waals surface area contributed by atoms with Crippen LogP contribution in [0.1, 0.15) is 30.9 Å². The lowest BCUT2D eigenvalue weighted by atomic mass is 9.93. The van der Waals surface area contributed by atoms with Crippen LogP contribution >= 0.6 is 0 Å². The Balaban J connectivity index is 2.56. The highest BCUT2D eigenvalue weighted by Crippen LogP contribution is 2.16. The minimum atomic E-state index is -0.747. The number of hydrogen-bond acceptors (Lipinski definition) is 5. The molecule has 6 heteroatoms. The Bertz CT molecular complexity index is 457. The van der Waals surface area contributed by atoms with Crippen molar-refractivity contribution in [3.05, 3.63) is 17.0 Å². The van der Waals surface area contributed by atoms with Crippen molar-refractivity contribution >= 4 is 11.9 Å². The van der Waals surface area contributed by atoms with Gasteiger partial charge in [-0.1, -0.05) is 5.16 Å². The summed E-state index contributed by atoms with van der Waals surface area (Å²) in [5, 5.41) is 6.51. The number of nitrogens with one attached hydrogen (secondary N) is 1. The Hall–Kier alpha value is -1.85. The van der Waals surface area contributed by atoms with Gasteiger partial charge >= 0.3 is 5.97 Å². The predicted octanol–water partition coefficient (Wildman–Crippen LogP) is 1.15. The van der Waals surface area contributed by atoms with Crippen LogP contribution in [0.15, 0.2) is 4.52 Å². The summed E-state index contributed by atoms with van der Waals surface area (Å²) in [4.78, 5) is 23.3. The summed E-state index contributed by atoms with van der Waals surface area (Å²) in [7, 11) is 1.33. The van der Waals surface area contributed by atoms with E-state index >= 15 is 0 Å². The summed E-state index contributed by atoms with van der Waals surface area (Å²) < 4.78 is 9.67. The van der Waals surface area contributed by atoms with Crippen molar-refractivity contribution in [1.29, 1.82) is 0 Å². The van der Waals surface area contributed by atoms with Gasteiger partial charge in [0.2, 0.25) is 5.91 Å². The van der Waals surface area contributed by atoms with Crippen molar-refractivity contribution in [1.82, 2.24) is 10.5 Å². The highest BCUT2D eigenvalue weighted by molar-refractivity contribution is 5.81. The van der Waals surface area contributed by atoms with Crippen LogP contribution in [0.25, 0.3) is 0 Å². The topological polar surface area (TPSA) is 81.4 Å². The molecule has 6 nitrogen and oxygen atoms in total. The number of aromatic nitrogens is 1. The molecule has 1 amide bonds. The molecule has 0 aromatic carbocycles. The van der Waals surface area contributed by atoms with Gasteiger partial charge in [-0.05, 0) is 27.7 Å². The number of nitrogens with zero attached hydrogens (tertiary/aromatic N) is 1. The normalized spacial score (nSPS) is 11.2. The maximum atomic E-state index is 11.8. The molecule has 0 atom stereocenters. The third-order valence-electron chi connectivity index (χ3n) is 2.98. The first kappa shape index (κ1) is 15.2. The van der Waals surface area contributed by atoms with Crippen molar-refractivity contribution in [2.45, 2.75) is 34.1 Å². The van der Waals surface area contributed by atoms with Crippen LogP contribution in [-0.4, -0.2) is 30.7 Å². The van der Waals surface area contributed by atoms with Crippen LogP contribution in [0, 0.1) is 19.3 Å². The molecule has 106 valence electrons. The Morgan fingerprint density at radius 3 is 2.47 bits per heavy atom. The average Bonchev–Trinajstić information content (AvgIpc) is 2.67. The largest absolute Gasteiger partial charge is 0.469 e. The molecule has 0 fully saturated rings. The van der Waals surface area contributed by atoms with E-state index in [1.165, 1.54) is 7.11 Å². The number of rotatable bonds is 5. The van der Waals surface area contributed by atoms with E-state index < -0.39 is 5.41 Å². The lowest BCUT2D eigenvalue weighted by molar-refractivity contribution is -0.150. The summed E-state index contributed by atoms with van der Waals surface area (Å²) in [6.07, 6.45) is 0.193. The van der Waals surface area contributed by atoms with Gasteiger partial charge in [0.15, 0.2) is 0 Å². The molecule has 0 saturated carbocycles. The second kappa shape index (κ2) is 5.86. The number of hydrogen-bond donors (Lipinski definition) is 1. The maximum absolute atomic E-state index is 11.8. The summed E-state index contributed by atoms with van der Waals surface area (Å²) >= 11 is 0. The van der Waals surface area contributed by atoms with E-state index in [1.807, 2.05) is 0 Å². The van der Waals surface area contributed by atoms with Gasteiger partial charge in [0.05, 0.1) is 24.6 Å². The van der Waals surface area contributed by atoms with Gasteiger partial charge in [-0.15, -0.1) is 0 Å². The second-order valence-electron chi connectivity index (χ2n) is 5.13. The quantitative estimate of drug-likeness (QED) is 0.810. The summed E-state index contributed by atoms with van der Waals surface area (Å²) in [6, 6.07) is 0. The molecule has 0 unspecified atom stereocenters. The van der Waals surface area contributed by atoms with Crippen molar-refractivity contribution in [2.75, 3.05) is 13.7 Å². The van der Waals surface area contributed by atoms with Crippen molar-refractivity contribution in [3.63, 3.8) is 0 Å². The van der Waals surface area contributed by atoms with Gasteiger partial charge in [0.25, 0.3) is 0 Å². The number of methoxy groups -OCH3 is 1. The van der Waals surface area contributed by atoms with Gasteiger partial charge < -0.3 is 14.6 Å². The monoisotopic (exact) mass is 268 g/mol. The second-order valence-corrected chi connectivity index (χ2v) is 5.13. The molecule has 19 heavy (non-hydrogen) atoms. The van der Waals surface area contributed by atoms with Gasteiger partial charge in [-0.3, -0.25) is 9.59 Å². The Morgan fingerprint density at radius 1 is 1.37 bits per heavy atom. The SMILES string of the molecule is COC(=O)C(C)(C)CNC(=O)Cc1c(C)noc1C. The molecule has 0 bridgehead atoms. The van der Waals surface area contributed by atoms with Gasteiger partial charge in [-0.25, -0.2) is 0 Å². The molecular formula is C13H20N2O4. The smallest absolute Gasteiger partial charge is 0.313 e. The van der Waals surface area contributed by atoms with Gasteiger partial charge in [0, 0.05) is 12.1 Å². The molecule has 1 N–H and O–H groups in total. The lowest BCUT2D eigenvalue weighted by Crippen LogP contribution is -2.40. The zero-order valence-electron chi connectivity index (χ0n) is 12.0. The molecule has 0 saturated heterocycles. The Kier molecular flexibility index (Phi) is 4.69. The van der Waals surface area contributed by atoms with E-state index in [1.54, 1.807) is 27.7 Å². The molecule has 0 radical (unpaired) electrons. The lowest BCUT2D eigenvalue weighted by Gasteiger charge is -2.21. The molecule has 0 aliphatic carbocycles. The van der Waals surface area contributed by atoms with Crippen LogP contribution in [0.2, 0.25) is 0 Å². The summed E-state index contributed by atoms with van der Waals surface area (Å²) in [6.45, 7) is 7.21. The van der Waals surface area contributed by atoms with E-state index in [-0.39, 0.29) is 24.8 Å². The van der Waals surface area contributed by atoms with Crippen molar-refractivity contribution < 1.29 is 18.8 Å². The zero-order chi connectivity index (χ0) is 14.6. The van der Waals surface area contributed by atoms with E-state index in [4.69, 9.17) is 4.52 Å². The van der Waals surface area contributed by atoms with Crippen LogP contribution in [0.5, 0.6) is 0 Å². The first-order valence-electron chi connectivity index (χ1n) is 6.05. The van der Waals surface area contributed by atoms with E-state index in [9.17, 15) is 9.59 Å². The standard InChI is InChI=1S/C13H20N2O4/c1-8-10(9(2)19-15-8)6-11(16)14-7-13(3,4)12(17)18-5/h6-7H2,1-5H3,(H,14,16). The number of aryl methyl sites for hydroxylation is 2. The zero-order valence-corrected chi connectivity index (χ0v) is 12.0. The van der Waals surface area contributed by atoms with Crippen LogP contribution in [-0.2, 0) is 20.7 Å². The number of ether oxygens (including phenoxy) is 1. The molecular weight excluding hydrogens is 248 g/mol. The minimum Gasteiger partial charge on any atom is -0.469 e. The van der Waals surface area contributed by atoms with E-state index in [0.717, 1.165) is 5.56 Å². The highest BCUT2D eigenvalue weighted by atomic mass is 16.5. The third-order valence-corrected chi connectivity index (χ3v) is 2.98. The predicted molar refractivity (Wildman–Crippen MR) is 68.5 cm³/mol. The summed E-state index contributed by atoms with van der Waals surface area (Å²) in [5.74, 6) is 0.108. The molecule has 1 heterocycles. The van der Waals surface area contributed by atoms with Gasteiger partial charge in [0.1, 0.15) is 5.76 Å². The molecule has 0 aliphatic heterocycles. The van der Waals surface area contributed by atoms with Crippen LogP contribution in [0.4, 0.5) is 0 Å². The number of amides is 1. The fraction of sp³-hybridized carbons (Fsp3) is 0.615. The highest BCUT2D eigenvalue weighted by Gasteiger charge is 2.29. The fourth-order valence-corrected chi connectivity index (χ4v) is 1.65. The molecule has 0 aliphatic rings. The number of carbonyl (C=O) groups excluding carboxylic acids is 2. The Morgan fingerprint density at radius 2 is 2.00 bits per heavy atom.